The smallest absolute Gasteiger partial charge is 0.384 e. The standard InChI is InChI=1S/C12H17F3N2/c1-5-7-6-8(16)17-10(11(2,3)4)9(7)12(13,14)15/h6H,5H2,1-4H3,(H2,16,17). The number of pyridine rings is 1. The first kappa shape index (κ1) is 13.8. The molecule has 0 aromatic carbocycles. The summed E-state index contributed by atoms with van der Waals surface area (Å²) in [5.74, 6) is 0.139. The Labute approximate surface area is 99.0 Å². The Morgan fingerprint density at radius 3 is 2.12 bits per heavy atom. The molecule has 0 saturated carbocycles. The van der Waals surface area contributed by atoms with Gasteiger partial charge in [0.2, 0.25) is 0 Å². The van der Waals surface area contributed by atoms with Crippen LogP contribution < -0.4 is 5.73 Å². The van der Waals surface area contributed by atoms with Gasteiger partial charge in [-0.3, -0.25) is 0 Å². The number of nitrogen functional groups attached to an aromatic ring is 1. The maximum atomic E-state index is 13.1. The minimum absolute atomic E-state index is 0.0156. The second-order valence-corrected chi connectivity index (χ2v) is 5.03. The third-order valence-electron chi connectivity index (χ3n) is 2.50. The van der Waals surface area contributed by atoms with E-state index in [0.29, 0.717) is 0 Å². The third kappa shape index (κ3) is 2.90. The zero-order valence-electron chi connectivity index (χ0n) is 10.4. The second kappa shape index (κ2) is 4.20. The highest BCUT2D eigenvalue weighted by Crippen LogP contribution is 2.39. The topological polar surface area (TPSA) is 38.9 Å². The number of anilines is 1. The molecule has 0 saturated heterocycles. The number of nitrogens with two attached hydrogens (primary N) is 1. The zero-order chi connectivity index (χ0) is 13.4. The second-order valence-electron chi connectivity index (χ2n) is 5.03. The van der Waals surface area contributed by atoms with Gasteiger partial charge in [0.15, 0.2) is 0 Å². The van der Waals surface area contributed by atoms with Gasteiger partial charge in [0.1, 0.15) is 5.82 Å². The average molecular weight is 246 g/mol. The molecular weight excluding hydrogens is 229 g/mol. The highest BCUT2D eigenvalue weighted by molar-refractivity contribution is 5.45. The number of hydrogen-bond donors (Lipinski definition) is 1. The van der Waals surface area contributed by atoms with E-state index in [1.807, 2.05) is 0 Å². The van der Waals surface area contributed by atoms with E-state index in [4.69, 9.17) is 5.73 Å². The lowest BCUT2D eigenvalue weighted by Crippen LogP contribution is -2.24. The predicted octanol–water partition coefficient (Wildman–Crippen LogP) is 3.54. The SMILES string of the molecule is CCc1cc(N)nc(C(C)(C)C)c1C(F)(F)F. The summed E-state index contributed by atoms with van der Waals surface area (Å²) >= 11 is 0. The highest BCUT2D eigenvalue weighted by atomic mass is 19.4. The van der Waals surface area contributed by atoms with Crippen LogP contribution in [0.15, 0.2) is 6.07 Å². The van der Waals surface area contributed by atoms with Gasteiger partial charge in [-0.2, -0.15) is 13.2 Å². The molecular formula is C12H17F3N2. The minimum atomic E-state index is -4.39. The molecule has 0 radical (unpaired) electrons. The number of rotatable bonds is 1. The number of hydrogen-bond acceptors (Lipinski definition) is 2. The van der Waals surface area contributed by atoms with Crippen LogP contribution in [-0.4, -0.2) is 4.98 Å². The van der Waals surface area contributed by atoms with Crippen molar-refractivity contribution in [1.82, 2.24) is 4.98 Å². The number of halogens is 3. The molecule has 1 aromatic heterocycles. The number of nitrogens with zero attached hydrogens (tertiary/aromatic N) is 1. The zero-order valence-corrected chi connectivity index (χ0v) is 10.4. The third-order valence-corrected chi connectivity index (χ3v) is 2.50. The lowest BCUT2D eigenvalue weighted by Gasteiger charge is -2.25. The van der Waals surface area contributed by atoms with Gasteiger partial charge < -0.3 is 5.73 Å². The van der Waals surface area contributed by atoms with Crippen molar-refractivity contribution < 1.29 is 13.2 Å². The lowest BCUT2D eigenvalue weighted by molar-refractivity contribution is -0.139. The fraction of sp³-hybridized carbons (Fsp3) is 0.583. The molecule has 2 nitrogen and oxygen atoms in total. The molecule has 17 heavy (non-hydrogen) atoms. The molecule has 1 heterocycles. The molecule has 2 N–H and O–H groups in total. The molecule has 0 bridgehead atoms. The Kier molecular flexibility index (Phi) is 3.41. The predicted molar refractivity (Wildman–Crippen MR) is 61.7 cm³/mol. The molecule has 0 unspecified atom stereocenters. The van der Waals surface area contributed by atoms with E-state index in [0.717, 1.165) is 0 Å². The van der Waals surface area contributed by atoms with Crippen LogP contribution in [0.5, 0.6) is 0 Å². The molecule has 0 amide bonds. The number of aromatic nitrogens is 1. The van der Waals surface area contributed by atoms with Crippen LogP contribution in [0.2, 0.25) is 0 Å². The van der Waals surface area contributed by atoms with Gasteiger partial charge in [-0.15, -0.1) is 0 Å². The Bertz CT molecular complexity index is 417. The maximum absolute atomic E-state index is 13.1. The molecule has 1 aromatic rings. The molecule has 1 rings (SSSR count). The van der Waals surface area contributed by atoms with Crippen LogP contribution in [0.25, 0.3) is 0 Å². The minimum Gasteiger partial charge on any atom is -0.384 e. The first-order chi connectivity index (χ1) is 7.57. The van der Waals surface area contributed by atoms with Crippen molar-refractivity contribution in [2.75, 3.05) is 5.73 Å². The summed E-state index contributed by atoms with van der Waals surface area (Å²) in [6.07, 6.45) is -4.11. The Morgan fingerprint density at radius 1 is 1.24 bits per heavy atom. The van der Waals surface area contributed by atoms with Crippen molar-refractivity contribution in [3.8, 4) is 0 Å². The van der Waals surface area contributed by atoms with E-state index < -0.39 is 17.2 Å². The lowest BCUT2D eigenvalue weighted by atomic mass is 9.86. The fourth-order valence-corrected chi connectivity index (χ4v) is 1.76. The summed E-state index contributed by atoms with van der Waals surface area (Å²) in [4.78, 5) is 3.88. The highest BCUT2D eigenvalue weighted by Gasteiger charge is 2.39. The first-order valence-corrected chi connectivity index (χ1v) is 5.44. The molecule has 96 valence electrons. The van der Waals surface area contributed by atoms with Crippen molar-refractivity contribution in [3.63, 3.8) is 0 Å². The van der Waals surface area contributed by atoms with Crippen LogP contribution in [-0.2, 0) is 18.0 Å². The molecule has 0 spiro atoms. The number of aryl methyl sites for hydroxylation is 1. The van der Waals surface area contributed by atoms with Gasteiger partial charge in [0.05, 0.1) is 11.3 Å². The van der Waals surface area contributed by atoms with Gasteiger partial charge in [-0.1, -0.05) is 27.7 Å². The monoisotopic (exact) mass is 246 g/mol. The van der Waals surface area contributed by atoms with Crippen LogP contribution in [0.4, 0.5) is 19.0 Å². The van der Waals surface area contributed by atoms with E-state index in [2.05, 4.69) is 4.98 Å². The van der Waals surface area contributed by atoms with Gasteiger partial charge in [-0.25, -0.2) is 4.98 Å². The summed E-state index contributed by atoms with van der Waals surface area (Å²) in [5, 5.41) is 0. The van der Waals surface area contributed by atoms with E-state index in [9.17, 15) is 13.2 Å². The molecule has 5 heteroatoms. The van der Waals surface area contributed by atoms with E-state index in [1.54, 1.807) is 27.7 Å². The van der Waals surface area contributed by atoms with Gasteiger partial charge in [0, 0.05) is 5.41 Å². The van der Waals surface area contributed by atoms with Gasteiger partial charge >= 0.3 is 6.18 Å². The molecule has 0 aliphatic carbocycles. The van der Waals surface area contributed by atoms with Crippen LogP contribution >= 0.6 is 0 Å². The molecule has 0 atom stereocenters. The first-order valence-electron chi connectivity index (χ1n) is 5.44. The van der Waals surface area contributed by atoms with Crippen LogP contribution in [0.1, 0.15) is 44.5 Å². The summed E-state index contributed by atoms with van der Waals surface area (Å²) < 4.78 is 39.2. The van der Waals surface area contributed by atoms with Crippen molar-refractivity contribution in [3.05, 3.63) is 22.9 Å². The van der Waals surface area contributed by atoms with Gasteiger partial charge in [-0.05, 0) is 18.1 Å². The Balaban J connectivity index is 3.63. The van der Waals surface area contributed by atoms with E-state index in [-0.39, 0.29) is 23.5 Å². The largest absolute Gasteiger partial charge is 0.418 e. The Hall–Kier alpha value is -1.26. The van der Waals surface area contributed by atoms with Crippen molar-refractivity contribution >= 4 is 5.82 Å². The summed E-state index contributed by atoms with van der Waals surface area (Å²) in [6, 6.07) is 1.30. The van der Waals surface area contributed by atoms with Crippen LogP contribution in [0, 0.1) is 0 Å². The van der Waals surface area contributed by atoms with Crippen molar-refractivity contribution in [2.24, 2.45) is 0 Å². The normalized spacial score (nSPS) is 12.9. The molecule has 0 aliphatic heterocycles. The summed E-state index contributed by atoms with van der Waals surface area (Å²) in [5.41, 5.74) is 4.46. The average Bonchev–Trinajstić information content (AvgIpc) is 2.12. The fourth-order valence-electron chi connectivity index (χ4n) is 1.76. The van der Waals surface area contributed by atoms with E-state index >= 15 is 0 Å². The van der Waals surface area contributed by atoms with Crippen molar-refractivity contribution in [1.29, 1.82) is 0 Å². The molecule has 0 fully saturated rings. The van der Waals surface area contributed by atoms with Crippen LogP contribution in [0.3, 0.4) is 0 Å². The number of alkyl halides is 3. The summed E-state index contributed by atoms with van der Waals surface area (Å²) in [6.45, 7) is 6.77. The van der Waals surface area contributed by atoms with Crippen molar-refractivity contribution in [2.45, 2.75) is 45.7 Å². The van der Waals surface area contributed by atoms with Gasteiger partial charge in [0.25, 0.3) is 0 Å². The quantitative estimate of drug-likeness (QED) is 0.823. The maximum Gasteiger partial charge on any atom is 0.418 e. The Morgan fingerprint density at radius 2 is 1.76 bits per heavy atom. The molecule has 0 aliphatic rings. The van der Waals surface area contributed by atoms with E-state index in [1.165, 1.54) is 6.07 Å². The summed E-state index contributed by atoms with van der Waals surface area (Å²) in [7, 11) is 0.